The maximum absolute atomic E-state index is 12.6. The number of carbonyl (C=O) groups excluding carboxylic acids is 1. The Labute approximate surface area is 213 Å². The third-order valence-corrected chi connectivity index (χ3v) is 6.49. The van der Waals surface area contributed by atoms with Crippen LogP contribution < -0.4 is 10.5 Å². The molecule has 0 saturated carbocycles. The first-order valence-corrected chi connectivity index (χ1v) is 11.9. The minimum atomic E-state index is -0.175. The fourth-order valence-electron chi connectivity index (χ4n) is 4.43. The van der Waals surface area contributed by atoms with Crippen LogP contribution in [-0.2, 0) is 4.79 Å². The molecule has 0 bridgehead atoms. The van der Waals surface area contributed by atoms with E-state index in [1.807, 2.05) is 35.9 Å². The fourth-order valence-corrected chi connectivity index (χ4v) is 4.54. The molecule has 0 aliphatic carbocycles. The van der Waals surface area contributed by atoms with Crippen molar-refractivity contribution in [2.75, 3.05) is 12.3 Å². The van der Waals surface area contributed by atoms with Crippen LogP contribution in [0.15, 0.2) is 48.9 Å². The molecule has 0 radical (unpaired) electrons. The molecule has 1 fully saturated rings. The van der Waals surface area contributed by atoms with E-state index in [2.05, 4.69) is 26.8 Å². The number of nitrogens with two attached hydrogens (primary N) is 1. The van der Waals surface area contributed by atoms with Crippen LogP contribution in [0.1, 0.15) is 32.7 Å². The van der Waals surface area contributed by atoms with Crippen LogP contribution in [0.4, 0.5) is 5.82 Å². The average Bonchev–Trinajstić information content (AvgIpc) is 3.27. The van der Waals surface area contributed by atoms with E-state index in [1.165, 1.54) is 12.5 Å². The molecule has 1 amide bonds. The first-order valence-electron chi connectivity index (χ1n) is 11.6. The molecule has 0 unspecified atom stereocenters. The molecule has 1 saturated heterocycles. The highest BCUT2D eigenvalue weighted by Gasteiger charge is 2.32. The van der Waals surface area contributed by atoms with Gasteiger partial charge in [-0.25, -0.2) is 19.6 Å². The molecule has 36 heavy (non-hydrogen) atoms. The maximum Gasteiger partial charge on any atom is 0.298 e. The second kappa shape index (κ2) is 9.84. The van der Waals surface area contributed by atoms with Crippen LogP contribution in [0.5, 0.6) is 11.6 Å². The normalized spacial score (nSPS) is 17.5. The molecule has 182 valence electrons. The molecule has 10 heteroatoms. The number of carbonyl (C=O) groups is 1. The number of benzene rings is 1. The van der Waals surface area contributed by atoms with Gasteiger partial charge in [0.1, 0.15) is 23.6 Å². The van der Waals surface area contributed by atoms with Crippen LogP contribution in [0.25, 0.3) is 22.3 Å². The molecule has 2 N–H and O–H groups in total. The van der Waals surface area contributed by atoms with Crippen LogP contribution in [0, 0.1) is 11.8 Å². The van der Waals surface area contributed by atoms with Gasteiger partial charge in [-0.2, -0.15) is 5.10 Å². The van der Waals surface area contributed by atoms with Crippen molar-refractivity contribution in [2.24, 2.45) is 0 Å². The predicted octanol–water partition coefficient (Wildman–Crippen LogP) is 4.49. The summed E-state index contributed by atoms with van der Waals surface area (Å²) in [4.78, 5) is 27.2. The third kappa shape index (κ3) is 4.55. The van der Waals surface area contributed by atoms with E-state index in [1.54, 1.807) is 24.0 Å². The van der Waals surface area contributed by atoms with E-state index in [9.17, 15) is 4.79 Å². The lowest BCUT2D eigenvalue weighted by Crippen LogP contribution is -2.45. The molecular formula is C26H24ClN7O2. The standard InChI is InChI=1S/C26H24ClN7O2/c1-3-4-22(35)33-14-19(9-5-16(33)2)34-26-23(25(28)30-15-31-26)24(32-34)17-6-10-20(11-7-17)36-21-12-8-18(27)13-29-21/h6-8,10-13,15-16,19H,5,9,14H2,1-2H3,(H2,28,30,31)/t16-,19+/m0/s1. The van der Waals surface area contributed by atoms with Crippen molar-refractivity contribution >= 4 is 34.4 Å². The van der Waals surface area contributed by atoms with Gasteiger partial charge in [0.15, 0.2) is 5.65 Å². The van der Waals surface area contributed by atoms with Gasteiger partial charge in [0.2, 0.25) is 5.88 Å². The van der Waals surface area contributed by atoms with Crippen molar-refractivity contribution < 1.29 is 9.53 Å². The number of amides is 1. The highest BCUT2D eigenvalue weighted by molar-refractivity contribution is 6.30. The first-order chi connectivity index (χ1) is 17.4. The number of fused-ring (bicyclic) bond motifs is 1. The largest absolute Gasteiger partial charge is 0.439 e. The van der Waals surface area contributed by atoms with Crippen LogP contribution in [0.3, 0.4) is 0 Å². The summed E-state index contributed by atoms with van der Waals surface area (Å²) in [6.45, 7) is 4.20. The molecule has 4 aromatic rings. The van der Waals surface area contributed by atoms with E-state index >= 15 is 0 Å². The SMILES string of the molecule is CC#CC(=O)N1C[C@H](n2nc(-c3ccc(Oc4ccc(Cl)cn4)cc3)c3c(N)ncnc32)CC[C@@H]1C. The second-order valence-electron chi connectivity index (χ2n) is 8.60. The van der Waals surface area contributed by atoms with E-state index < -0.39 is 0 Å². The smallest absolute Gasteiger partial charge is 0.298 e. The highest BCUT2D eigenvalue weighted by atomic mass is 35.5. The number of rotatable bonds is 4. The molecule has 1 aliphatic rings. The summed E-state index contributed by atoms with van der Waals surface area (Å²) in [5.41, 5.74) is 8.43. The monoisotopic (exact) mass is 501 g/mol. The Bertz CT molecular complexity index is 1470. The topological polar surface area (TPSA) is 112 Å². The molecule has 4 heterocycles. The number of aromatic nitrogens is 5. The third-order valence-electron chi connectivity index (χ3n) is 6.26. The Balaban J connectivity index is 1.48. The predicted molar refractivity (Wildman–Crippen MR) is 137 cm³/mol. The van der Waals surface area contributed by atoms with Gasteiger partial charge in [0.25, 0.3) is 5.91 Å². The van der Waals surface area contributed by atoms with Gasteiger partial charge < -0.3 is 15.4 Å². The number of ether oxygens (including phenoxy) is 1. The van der Waals surface area contributed by atoms with E-state index in [4.69, 9.17) is 27.2 Å². The zero-order valence-electron chi connectivity index (χ0n) is 19.8. The number of hydrogen-bond acceptors (Lipinski definition) is 7. The number of halogens is 1. The number of anilines is 1. The average molecular weight is 502 g/mol. The van der Waals surface area contributed by atoms with Gasteiger partial charge in [0, 0.05) is 30.4 Å². The van der Waals surface area contributed by atoms with Gasteiger partial charge in [-0.1, -0.05) is 17.5 Å². The lowest BCUT2D eigenvalue weighted by molar-refractivity contribution is -0.129. The number of nitrogens with zero attached hydrogens (tertiary/aromatic N) is 6. The van der Waals surface area contributed by atoms with Gasteiger partial charge in [-0.05, 0) is 62.9 Å². The zero-order chi connectivity index (χ0) is 25.2. The van der Waals surface area contributed by atoms with E-state index in [0.29, 0.717) is 45.7 Å². The summed E-state index contributed by atoms with van der Waals surface area (Å²) in [5.74, 6) is 6.60. The fraction of sp³-hybridized carbons (Fsp3) is 0.269. The summed E-state index contributed by atoms with van der Waals surface area (Å²) >= 11 is 5.89. The molecule has 0 spiro atoms. The minimum Gasteiger partial charge on any atom is -0.439 e. The van der Waals surface area contributed by atoms with Gasteiger partial charge in [-0.15, -0.1) is 0 Å². The summed E-state index contributed by atoms with van der Waals surface area (Å²) in [5, 5.41) is 6.14. The minimum absolute atomic E-state index is 0.0621. The second-order valence-corrected chi connectivity index (χ2v) is 9.04. The summed E-state index contributed by atoms with van der Waals surface area (Å²) < 4.78 is 7.68. The highest BCUT2D eigenvalue weighted by Crippen LogP contribution is 2.35. The Morgan fingerprint density at radius 3 is 2.67 bits per heavy atom. The number of nitrogen functional groups attached to an aromatic ring is 1. The molecule has 1 aromatic carbocycles. The van der Waals surface area contributed by atoms with Gasteiger partial charge in [-0.3, -0.25) is 4.79 Å². The molecule has 9 nitrogen and oxygen atoms in total. The molecule has 5 rings (SSSR count). The van der Waals surface area contributed by atoms with E-state index in [-0.39, 0.29) is 18.0 Å². The lowest BCUT2D eigenvalue weighted by atomic mass is 9.99. The Kier molecular flexibility index (Phi) is 6.44. The quantitative estimate of drug-likeness (QED) is 0.410. The van der Waals surface area contributed by atoms with Crippen molar-refractivity contribution in [2.45, 2.75) is 38.8 Å². The Hall–Kier alpha value is -4.16. The Morgan fingerprint density at radius 2 is 1.94 bits per heavy atom. The number of hydrogen-bond donors (Lipinski definition) is 1. The number of pyridine rings is 1. The van der Waals surface area contributed by atoms with Crippen LogP contribution in [0.2, 0.25) is 5.02 Å². The van der Waals surface area contributed by atoms with Crippen LogP contribution >= 0.6 is 11.6 Å². The number of likely N-dealkylation sites (tertiary alicyclic amines) is 1. The van der Waals surface area contributed by atoms with Crippen molar-refractivity contribution in [1.29, 1.82) is 0 Å². The summed E-state index contributed by atoms with van der Waals surface area (Å²) in [6.07, 6.45) is 4.66. The van der Waals surface area contributed by atoms with Crippen molar-refractivity contribution in [1.82, 2.24) is 29.6 Å². The van der Waals surface area contributed by atoms with Gasteiger partial charge in [0.05, 0.1) is 16.5 Å². The first kappa shape index (κ1) is 23.6. The molecular weight excluding hydrogens is 478 g/mol. The lowest BCUT2D eigenvalue weighted by Gasteiger charge is -2.37. The summed E-state index contributed by atoms with van der Waals surface area (Å²) in [6, 6.07) is 10.9. The molecule has 3 aromatic heterocycles. The van der Waals surface area contributed by atoms with Gasteiger partial charge >= 0.3 is 0 Å². The maximum atomic E-state index is 12.6. The van der Waals surface area contributed by atoms with Crippen molar-refractivity contribution in [3.63, 3.8) is 0 Å². The van der Waals surface area contributed by atoms with E-state index in [0.717, 1.165) is 18.4 Å². The number of piperidine rings is 1. The Morgan fingerprint density at radius 1 is 1.14 bits per heavy atom. The van der Waals surface area contributed by atoms with Crippen LogP contribution in [-0.4, -0.2) is 48.1 Å². The van der Waals surface area contributed by atoms with Crippen molar-refractivity contribution in [3.05, 3.63) is 53.9 Å². The summed E-state index contributed by atoms with van der Waals surface area (Å²) in [7, 11) is 0. The zero-order valence-corrected chi connectivity index (χ0v) is 20.6. The van der Waals surface area contributed by atoms with Crippen molar-refractivity contribution in [3.8, 4) is 34.7 Å². The molecule has 2 atom stereocenters. The molecule has 1 aliphatic heterocycles.